The van der Waals surface area contributed by atoms with Crippen molar-refractivity contribution in [2.75, 3.05) is 5.88 Å². The van der Waals surface area contributed by atoms with Crippen molar-refractivity contribution in [3.05, 3.63) is 34.3 Å². The molecule has 0 aliphatic heterocycles. The lowest BCUT2D eigenvalue weighted by atomic mass is 10.0. The Hall–Kier alpha value is -0.340. The van der Waals surface area contributed by atoms with Crippen molar-refractivity contribution in [2.45, 2.75) is 19.3 Å². The molecular weight excluding hydrogens is 229 g/mol. The summed E-state index contributed by atoms with van der Waals surface area (Å²) in [5.74, 6) is 0.467. The lowest BCUT2D eigenvalue weighted by molar-refractivity contribution is 0.150. The molecule has 0 bridgehead atoms. The van der Waals surface area contributed by atoms with Crippen molar-refractivity contribution >= 4 is 23.2 Å². The number of halogens is 4. The van der Waals surface area contributed by atoms with Crippen molar-refractivity contribution in [3.8, 4) is 0 Å². The van der Waals surface area contributed by atoms with Crippen LogP contribution in [0.25, 0.3) is 0 Å². The minimum Gasteiger partial charge on any atom is -0.205 e. The van der Waals surface area contributed by atoms with Gasteiger partial charge in [-0.1, -0.05) is 23.7 Å². The van der Waals surface area contributed by atoms with Crippen molar-refractivity contribution < 1.29 is 8.78 Å². The minimum atomic E-state index is -2.52. The first kappa shape index (κ1) is 11.7. The molecule has 0 aromatic heterocycles. The molecule has 0 nitrogen and oxygen atoms in total. The molecule has 0 unspecified atom stereocenters. The third-order valence-corrected chi connectivity index (χ3v) is 2.54. The predicted molar refractivity (Wildman–Crippen MR) is 55.5 cm³/mol. The van der Waals surface area contributed by atoms with Gasteiger partial charge < -0.3 is 0 Å². The minimum absolute atomic E-state index is 0.0562. The van der Waals surface area contributed by atoms with Crippen LogP contribution in [0.5, 0.6) is 0 Å². The topological polar surface area (TPSA) is 0 Å². The summed E-state index contributed by atoms with van der Waals surface area (Å²) in [5.41, 5.74) is 0.535. The lowest BCUT2D eigenvalue weighted by Crippen LogP contribution is -1.96. The number of hydrogen-bond donors (Lipinski definition) is 0. The summed E-state index contributed by atoms with van der Waals surface area (Å²) in [6.07, 6.45) is -1.29. The Bertz CT molecular complexity index is 300. The molecule has 0 aliphatic rings. The fraction of sp³-hybridized carbons (Fsp3) is 0.400. The highest BCUT2D eigenvalue weighted by molar-refractivity contribution is 6.31. The van der Waals surface area contributed by atoms with E-state index in [0.717, 1.165) is 0 Å². The number of alkyl halides is 3. The fourth-order valence-corrected chi connectivity index (χ4v) is 1.71. The summed E-state index contributed by atoms with van der Waals surface area (Å²) in [6.45, 7) is 0. The number of hydrogen-bond acceptors (Lipinski definition) is 0. The second kappa shape index (κ2) is 5.52. The largest absolute Gasteiger partial charge is 0.265 e. The molecule has 0 spiro atoms. The van der Waals surface area contributed by atoms with E-state index in [4.69, 9.17) is 23.2 Å². The molecule has 4 heteroatoms. The zero-order valence-electron chi connectivity index (χ0n) is 7.44. The highest BCUT2D eigenvalue weighted by Gasteiger charge is 2.15. The number of rotatable bonds is 4. The Kier molecular flexibility index (Phi) is 4.63. The quantitative estimate of drug-likeness (QED) is 0.681. The van der Waals surface area contributed by atoms with Crippen molar-refractivity contribution in [3.63, 3.8) is 0 Å². The molecule has 14 heavy (non-hydrogen) atoms. The maximum absolute atomic E-state index is 12.6. The molecule has 0 heterocycles. The molecule has 78 valence electrons. The Morgan fingerprint density at radius 2 is 2.00 bits per heavy atom. The van der Waals surface area contributed by atoms with Gasteiger partial charge in [0.25, 0.3) is 6.43 Å². The molecule has 0 saturated heterocycles. The van der Waals surface area contributed by atoms with Crippen LogP contribution < -0.4 is 0 Å². The van der Waals surface area contributed by atoms with Crippen LogP contribution in [0.4, 0.5) is 8.78 Å². The molecule has 0 fully saturated rings. The van der Waals surface area contributed by atoms with Gasteiger partial charge in [0.05, 0.1) is 0 Å². The summed E-state index contributed by atoms with van der Waals surface area (Å²) in [6, 6.07) is 4.82. The van der Waals surface area contributed by atoms with E-state index < -0.39 is 6.43 Å². The van der Waals surface area contributed by atoms with E-state index >= 15 is 0 Å². The van der Waals surface area contributed by atoms with Crippen molar-refractivity contribution in [2.24, 2.45) is 0 Å². The average molecular weight is 239 g/mol. The van der Waals surface area contributed by atoms with Crippen LogP contribution in [0, 0.1) is 0 Å². The number of aryl methyl sites for hydroxylation is 1. The predicted octanol–water partition coefficient (Wildman–Crippen LogP) is 4.45. The Labute approximate surface area is 91.8 Å². The van der Waals surface area contributed by atoms with Gasteiger partial charge in [-0.25, -0.2) is 8.78 Å². The zero-order valence-corrected chi connectivity index (χ0v) is 8.95. The fourth-order valence-electron chi connectivity index (χ4n) is 1.30. The van der Waals surface area contributed by atoms with Crippen LogP contribution in [-0.4, -0.2) is 5.88 Å². The number of benzene rings is 1. The lowest BCUT2D eigenvalue weighted by Gasteiger charge is -2.09. The van der Waals surface area contributed by atoms with Gasteiger partial charge in [0.15, 0.2) is 0 Å². The third kappa shape index (κ3) is 2.82. The first-order chi connectivity index (χ1) is 6.66. The normalized spacial score (nSPS) is 10.9. The molecule has 0 aliphatic carbocycles. The maximum Gasteiger partial charge on any atom is 0.265 e. The first-order valence-electron chi connectivity index (χ1n) is 4.28. The molecule has 1 aromatic carbocycles. The standard InChI is InChI=1S/C10H10Cl2F2/c11-6-2-4-7-3-1-5-8(12)9(7)10(13)14/h1,3,5,10H,2,4,6H2. The SMILES string of the molecule is FC(F)c1c(Cl)cccc1CCCCl. The monoisotopic (exact) mass is 238 g/mol. The Morgan fingerprint density at radius 1 is 1.29 bits per heavy atom. The van der Waals surface area contributed by atoms with E-state index in [0.29, 0.717) is 24.3 Å². The van der Waals surface area contributed by atoms with Gasteiger partial charge in [0, 0.05) is 16.5 Å². The molecule has 0 saturated carbocycles. The van der Waals surface area contributed by atoms with Crippen LogP contribution in [0.3, 0.4) is 0 Å². The second-order valence-corrected chi connectivity index (χ2v) is 3.69. The van der Waals surface area contributed by atoms with Crippen LogP contribution in [0.2, 0.25) is 5.02 Å². The Balaban J connectivity index is 2.96. The molecule has 0 amide bonds. The smallest absolute Gasteiger partial charge is 0.205 e. The van der Waals surface area contributed by atoms with Crippen molar-refractivity contribution in [1.82, 2.24) is 0 Å². The van der Waals surface area contributed by atoms with Crippen LogP contribution in [0.15, 0.2) is 18.2 Å². The van der Waals surface area contributed by atoms with Gasteiger partial charge in [-0.05, 0) is 24.5 Å². The van der Waals surface area contributed by atoms with Crippen molar-refractivity contribution in [1.29, 1.82) is 0 Å². The van der Waals surface area contributed by atoms with Gasteiger partial charge in [-0.3, -0.25) is 0 Å². The first-order valence-corrected chi connectivity index (χ1v) is 5.19. The van der Waals surface area contributed by atoms with E-state index in [-0.39, 0.29) is 10.6 Å². The highest BCUT2D eigenvalue weighted by Crippen LogP contribution is 2.30. The molecular formula is C10H10Cl2F2. The maximum atomic E-state index is 12.6. The van der Waals surface area contributed by atoms with Gasteiger partial charge in [-0.15, -0.1) is 11.6 Å². The molecule has 1 rings (SSSR count). The zero-order chi connectivity index (χ0) is 10.6. The average Bonchev–Trinajstić information content (AvgIpc) is 2.14. The molecule has 0 radical (unpaired) electrons. The van der Waals surface area contributed by atoms with Gasteiger partial charge in [-0.2, -0.15) is 0 Å². The molecule has 1 aromatic rings. The summed E-state index contributed by atoms with van der Waals surface area (Å²) >= 11 is 11.2. The second-order valence-electron chi connectivity index (χ2n) is 2.91. The van der Waals surface area contributed by atoms with E-state index in [1.807, 2.05) is 0 Å². The highest BCUT2D eigenvalue weighted by atomic mass is 35.5. The summed E-state index contributed by atoms with van der Waals surface area (Å²) < 4.78 is 25.2. The summed E-state index contributed by atoms with van der Waals surface area (Å²) in [5, 5.41) is 0.132. The van der Waals surface area contributed by atoms with Gasteiger partial charge in [0.1, 0.15) is 0 Å². The van der Waals surface area contributed by atoms with Gasteiger partial charge in [0.2, 0.25) is 0 Å². The van der Waals surface area contributed by atoms with Crippen LogP contribution in [0.1, 0.15) is 24.0 Å². The van der Waals surface area contributed by atoms with E-state index in [2.05, 4.69) is 0 Å². The summed E-state index contributed by atoms with van der Waals surface area (Å²) in [4.78, 5) is 0. The van der Waals surface area contributed by atoms with Crippen LogP contribution >= 0.6 is 23.2 Å². The summed E-state index contributed by atoms with van der Waals surface area (Å²) in [7, 11) is 0. The van der Waals surface area contributed by atoms with E-state index in [1.54, 1.807) is 12.1 Å². The van der Waals surface area contributed by atoms with E-state index in [1.165, 1.54) is 6.07 Å². The molecule has 0 N–H and O–H groups in total. The van der Waals surface area contributed by atoms with E-state index in [9.17, 15) is 8.78 Å². The Morgan fingerprint density at radius 3 is 2.57 bits per heavy atom. The van der Waals surface area contributed by atoms with Gasteiger partial charge >= 0.3 is 0 Å². The molecule has 0 atom stereocenters. The third-order valence-electron chi connectivity index (χ3n) is 1.94. The van der Waals surface area contributed by atoms with Crippen LogP contribution in [-0.2, 0) is 6.42 Å².